The van der Waals surface area contributed by atoms with Gasteiger partial charge in [0.2, 0.25) is 5.91 Å². The van der Waals surface area contributed by atoms with Gasteiger partial charge in [-0.15, -0.1) is 0 Å². The fraction of sp³-hybridized carbons (Fsp3) is 0.389. The van der Waals surface area contributed by atoms with Crippen LogP contribution < -0.4 is 0 Å². The van der Waals surface area contributed by atoms with Gasteiger partial charge >= 0.3 is 5.97 Å². The summed E-state index contributed by atoms with van der Waals surface area (Å²) in [6.45, 7) is 2.98. The van der Waals surface area contributed by atoms with Gasteiger partial charge in [-0.3, -0.25) is 9.48 Å². The van der Waals surface area contributed by atoms with Gasteiger partial charge in [0.05, 0.1) is 24.4 Å². The molecule has 0 spiro atoms. The van der Waals surface area contributed by atoms with Crippen LogP contribution in [0.3, 0.4) is 0 Å². The molecule has 0 atom stereocenters. The lowest BCUT2D eigenvalue weighted by molar-refractivity contribution is -0.131. The Balaban J connectivity index is 1.61. The number of carbonyl (C=O) groups excluding carboxylic acids is 1. The van der Waals surface area contributed by atoms with E-state index in [0.717, 1.165) is 18.4 Å². The molecule has 6 nitrogen and oxygen atoms in total. The number of rotatable bonds is 4. The van der Waals surface area contributed by atoms with Gasteiger partial charge in [-0.2, -0.15) is 5.10 Å². The van der Waals surface area contributed by atoms with E-state index >= 15 is 0 Å². The number of hydrogen-bond donors (Lipinski definition) is 1. The number of likely N-dealkylation sites (tertiary alicyclic amines) is 1. The highest BCUT2D eigenvalue weighted by Crippen LogP contribution is 2.26. The van der Waals surface area contributed by atoms with E-state index in [-0.39, 0.29) is 23.9 Å². The first-order chi connectivity index (χ1) is 12.4. The third kappa shape index (κ3) is 3.86. The molecule has 1 N–H and O–H groups in total. The van der Waals surface area contributed by atoms with Crippen molar-refractivity contribution in [3.8, 4) is 0 Å². The van der Waals surface area contributed by atoms with Crippen molar-refractivity contribution in [1.82, 2.24) is 14.7 Å². The second-order valence-electron chi connectivity index (χ2n) is 6.42. The van der Waals surface area contributed by atoms with E-state index in [0.29, 0.717) is 28.8 Å². The number of halogens is 2. The van der Waals surface area contributed by atoms with Crippen molar-refractivity contribution in [3.63, 3.8) is 0 Å². The maximum atomic E-state index is 12.5. The smallest absolute Gasteiger partial charge is 0.339 e. The lowest BCUT2D eigenvalue weighted by Gasteiger charge is -2.32. The van der Waals surface area contributed by atoms with E-state index in [1.807, 2.05) is 4.90 Å². The van der Waals surface area contributed by atoms with Crippen LogP contribution in [0.1, 0.15) is 40.5 Å². The highest BCUT2D eigenvalue weighted by atomic mass is 35.5. The van der Waals surface area contributed by atoms with Gasteiger partial charge in [0, 0.05) is 23.1 Å². The molecule has 8 heteroatoms. The minimum absolute atomic E-state index is 0.0242. The van der Waals surface area contributed by atoms with Crippen LogP contribution in [0.15, 0.2) is 24.4 Å². The van der Waals surface area contributed by atoms with Gasteiger partial charge in [-0.25, -0.2) is 4.79 Å². The zero-order chi connectivity index (χ0) is 18.8. The average molecular weight is 396 g/mol. The molecule has 1 fully saturated rings. The Morgan fingerprint density at radius 2 is 1.96 bits per heavy atom. The minimum Gasteiger partial charge on any atom is -0.478 e. The molecule has 0 radical (unpaired) electrons. The molecule has 2 heterocycles. The average Bonchev–Trinajstić information content (AvgIpc) is 2.99. The fourth-order valence-corrected chi connectivity index (χ4v) is 3.78. The van der Waals surface area contributed by atoms with Crippen molar-refractivity contribution in [3.05, 3.63) is 51.3 Å². The number of piperidine rings is 1. The Hall–Kier alpha value is -2.05. The quantitative estimate of drug-likeness (QED) is 0.857. The monoisotopic (exact) mass is 395 g/mol. The molecule has 1 aliphatic heterocycles. The molecule has 1 aliphatic rings. The van der Waals surface area contributed by atoms with Crippen molar-refractivity contribution in [2.45, 2.75) is 32.2 Å². The van der Waals surface area contributed by atoms with E-state index in [4.69, 9.17) is 28.3 Å². The summed E-state index contributed by atoms with van der Waals surface area (Å²) in [5.41, 5.74) is 1.63. The zero-order valence-corrected chi connectivity index (χ0v) is 15.8. The van der Waals surface area contributed by atoms with Crippen molar-refractivity contribution in [2.24, 2.45) is 0 Å². The van der Waals surface area contributed by atoms with Crippen LogP contribution in [0, 0.1) is 6.92 Å². The number of aromatic nitrogens is 2. The number of hydrogen-bond acceptors (Lipinski definition) is 3. The third-order valence-corrected chi connectivity index (χ3v) is 5.38. The molecule has 0 saturated carbocycles. The van der Waals surface area contributed by atoms with Gasteiger partial charge in [0.1, 0.15) is 5.56 Å². The SMILES string of the molecule is Cc1c(C(=O)O)cnn1C1CCN(C(=O)Cc2ccc(Cl)cc2Cl)CC1. The Morgan fingerprint density at radius 1 is 1.27 bits per heavy atom. The summed E-state index contributed by atoms with van der Waals surface area (Å²) in [5.74, 6) is -0.947. The van der Waals surface area contributed by atoms with Crippen LogP contribution >= 0.6 is 23.2 Å². The van der Waals surface area contributed by atoms with Crippen LogP contribution in [0.25, 0.3) is 0 Å². The largest absolute Gasteiger partial charge is 0.478 e. The summed E-state index contributed by atoms with van der Waals surface area (Å²) >= 11 is 12.0. The summed E-state index contributed by atoms with van der Waals surface area (Å²) in [7, 11) is 0. The zero-order valence-electron chi connectivity index (χ0n) is 14.3. The molecule has 1 aromatic heterocycles. The van der Waals surface area contributed by atoms with Crippen LogP contribution in [0.5, 0.6) is 0 Å². The number of benzene rings is 1. The predicted molar refractivity (Wildman–Crippen MR) is 98.9 cm³/mol. The predicted octanol–water partition coefficient (Wildman–Crippen LogP) is 3.60. The van der Waals surface area contributed by atoms with Crippen molar-refractivity contribution < 1.29 is 14.7 Å². The molecular weight excluding hydrogens is 377 g/mol. The van der Waals surface area contributed by atoms with E-state index in [1.54, 1.807) is 29.8 Å². The summed E-state index contributed by atoms with van der Waals surface area (Å²) in [5, 5.41) is 14.4. The normalized spacial score (nSPS) is 15.3. The Labute approximate surface area is 161 Å². The topological polar surface area (TPSA) is 75.4 Å². The number of aromatic carboxylic acids is 1. The molecule has 26 heavy (non-hydrogen) atoms. The summed E-state index contributed by atoms with van der Waals surface area (Å²) in [6, 6.07) is 5.24. The highest BCUT2D eigenvalue weighted by molar-refractivity contribution is 6.35. The van der Waals surface area contributed by atoms with E-state index in [2.05, 4.69) is 5.10 Å². The van der Waals surface area contributed by atoms with Gasteiger partial charge < -0.3 is 10.0 Å². The molecule has 1 saturated heterocycles. The van der Waals surface area contributed by atoms with Crippen LogP contribution in [-0.2, 0) is 11.2 Å². The summed E-state index contributed by atoms with van der Waals surface area (Å²) < 4.78 is 1.77. The maximum Gasteiger partial charge on any atom is 0.339 e. The molecule has 1 amide bonds. The lowest BCUT2D eigenvalue weighted by Crippen LogP contribution is -2.40. The molecule has 1 aromatic carbocycles. The molecule has 138 valence electrons. The number of carbonyl (C=O) groups is 2. The van der Waals surface area contributed by atoms with E-state index < -0.39 is 5.97 Å². The maximum absolute atomic E-state index is 12.5. The first kappa shape index (κ1) is 18.7. The van der Waals surface area contributed by atoms with Gasteiger partial charge in [0.25, 0.3) is 0 Å². The van der Waals surface area contributed by atoms with E-state index in [1.165, 1.54) is 6.20 Å². The molecule has 3 rings (SSSR count). The molecule has 2 aromatic rings. The molecule has 0 bridgehead atoms. The Morgan fingerprint density at radius 3 is 2.54 bits per heavy atom. The van der Waals surface area contributed by atoms with Gasteiger partial charge in [-0.1, -0.05) is 29.3 Å². The number of nitrogens with zero attached hydrogens (tertiary/aromatic N) is 3. The van der Waals surface area contributed by atoms with Gasteiger partial charge in [-0.05, 0) is 37.5 Å². The van der Waals surface area contributed by atoms with Crippen LogP contribution in [0.4, 0.5) is 0 Å². The lowest BCUT2D eigenvalue weighted by atomic mass is 10.0. The Kier molecular flexibility index (Phi) is 5.53. The molecular formula is C18H19Cl2N3O3. The van der Waals surface area contributed by atoms with Crippen molar-refractivity contribution in [1.29, 1.82) is 0 Å². The second-order valence-corrected chi connectivity index (χ2v) is 7.26. The standard InChI is InChI=1S/C18H19Cl2N3O3/c1-11-15(18(25)26)10-21-23(11)14-4-6-22(7-5-14)17(24)8-12-2-3-13(19)9-16(12)20/h2-3,9-10,14H,4-8H2,1H3,(H,25,26). The van der Waals surface area contributed by atoms with Crippen LogP contribution in [0.2, 0.25) is 10.0 Å². The Bertz CT molecular complexity index is 842. The second kappa shape index (κ2) is 7.68. The molecule has 0 unspecified atom stereocenters. The van der Waals surface area contributed by atoms with Crippen molar-refractivity contribution in [2.75, 3.05) is 13.1 Å². The summed E-state index contributed by atoms with van der Waals surface area (Å²) in [6.07, 6.45) is 3.10. The third-order valence-electron chi connectivity index (χ3n) is 4.79. The van der Waals surface area contributed by atoms with Crippen molar-refractivity contribution >= 4 is 35.1 Å². The number of amides is 1. The number of carboxylic acid groups (broad SMARTS) is 1. The molecule has 0 aliphatic carbocycles. The number of carboxylic acids is 1. The first-order valence-electron chi connectivity index (χ1n) is 8.36. The first-order valence-corrected chi connectivity index (χ1v) is 9.11. The van der Waals surface area contributed by atoms with Gasteiger partial charge in [0.15, 0.2) is 0 Å². The minimum atomic E-state index is -0.971. The highest BCUT2D eigenvalue weighted by Gasteiger charge is 2.26. The fourth-order valence-electron chi connectivity index (χ4n) is 3.30. The summed E-state index contributed by atoms with van der Waals surface area (Å²) in [4.78, 5) is 25.5. The van der Waals surface area contributed by atoms with Crippen LogP contribution in [-0.4, -0.2) is 44.8 Å². The van der Waals surface area contributed by atoms with E-state index in [9.17, 15) is 9.59 Å².